The molecule has 7 nitrogen and oxygen atoms in total. The quantitative estimate of drug-likeness (QED) is 0.665. The number of aromatic nitrogens is 2. The maximum absolute atomic E-state index is 13.7. The maximum Gasteiger partial charge on any atom is 0.435 e. The lowest BCUT2D eigenvalue weighted by Gasteiger charge is -2.26. The third-order valence-corrected chi connectivity index (χ3v) is 5.00. The minimum atomic E-state index is -5.06. The van der Waals surface area contributed by atoms with Crippen LogP contribution in [0.1, 0.15) is 44.9 Å². The molecule has 160 valence electrons. The molecule has 0 saturated carbocycles. The molecule has 0 N–H and O–H groups in total. The minimum absolute atomic E-state index is 0.162. The Kier molecular flexibility index (Phi) is 5.72. The molecule has 0 aliphatic carbocycles. The summed E-state index contributed by atoms with van der Waals surface area (Å²) >= 11 is 0. The molecule has 1 atom stereocenters. The summed E-state index contributed by atoms with van der Waals surface area (Å²) in [7, 11) is -4.11. The third kappa shape index (κ3) is 4.39. The lowest BCUT2D eigenvalue weighted by Crippen LogP contribution is -2.35. The van der Waals surface area contributed by atoms with E-state index in [1.54, 1.807) is 13.8 Å². The van der Waals surface area contributed by atoms with Gasteiger partial charge in [0.15, 0.2) is 20.6 Å². The molecular formula is C15H20F5N3O4S. The van der Waals surface area contributed by atoms with Gasteiger partial charge in [-0.15, -0.1) is 0 Å². The van der Waals surface area contributed by atoms with Crippen LogP contribution in [0, 0.1) is 5.92 Å². The first kappa shape index (κ1) is 22.4. The van der Waals surface area contributed by atoms with Crippen LogP contribution in [0.5, 0.6) is 5.88 Å². The fourth-order valence-electron chi connectivity index (χ4n) is 2.93. The molecule has 0 aromatic carbocycles. The summed E-state index contributed by atoms with van der Waals surface area (Å²) in [6.45, 7) is 2.27. The molecule has 1 aromatic heterocycles. The van der Waals surface area contributed by atoms with Crippen molar-refractivity contribution in [2.45, 2.75) is 58.5 Å². The normalized spacial score (nSPS) is 19.9. The van der Waals surface area contributed by atoms with Gasteiger partial charge in [-0.05, 0) is 19.8 Å². The number of halogens is 5. The zero-order valence-corrected chi connectivity index (χ0v) is 16.5. The number of nitrogens with zero attached hydrogens (tertiary/aromatic N) is 3. The topological polar surface area (TPSA) is 82.8 Å². The molecule has 28 heavy (non-hydrogen) atoms. The number of hydrogen-bond donors (Lipinski definition) is 0. The highest BCUT2D eigenvalue weighted by Gasteiger charge is 2.54. The standard InChI is InChI=1S/C15H20F5N3O4S/c1-7(2)6-23-12(26-13(16)17)8(10(21-23)15(18,19)20)9-11(28(5,24)25)22-27-14(9,3)4/h7,9,13H,6H2,1-5H3. The first-order chi connectivity index (χ1) is 12.6. The van der Waals surface area contributed by atoms with E-state index < -0.39 is 56.3 Å². The van der Waals surface area contributed by atoms with Crippen LogP contribution in [0.25, 0.3) is 0 Å². The van der Waals surface area contributed by atoms with Crippen LogP contribution in [-0.2, 0) is 27.4 Å². The number of oxime groups is 1. The molecule has 2 rings (SSSR count). The lowest BCUT2D eigenvalue weighted by atomic mass is 9.85. The Bertz CT molecular complexity index is 875. The van der Waals surface area contributed by atoms with E-state index in [1.807, 2.05) is 0 Å². The Morgan fingerprint density at radius 2 is 1.86 bits per heavy atom. The molecule has 0 bridgehead atoms. The Labute approximate surface area is 158 Å². The number of ether oxygens (including phenoxy) is 1. The van der Waals surface area contributed by atoms with Crippen LogP contribution >= 0.6 is 0 Å². The second-order valence-electron chi connectivity index (χ2n) is 7.35. The van der Waals surface area contributed by atoms with E-state index in [4.69, 9.17) is 4.84 Å². The van der Waals surface area contributed by atoms with Crippen molar-refractivity contribution in [1.29, 1.82) is 0 Å². The van der Waals surface area contributed by atoms with Gasteiger partial charge in [-0.3, -0.25) is 0 Å². The SMILES string of the molecule is CC(C)Cn1nc(C(F)(F)F)c(C2C(S(C)(=O)=O)=NOC2(C)C)c1OC(F)F. The largest absolute Gasteiger partial charge is 0.435 e. The molecule has 0 radical (unpaired) electrons. The van der Waals surface area contributed by atoms with Gasteiger partial charge in [-0.25, -0.2) is 13.1 Å². The number of rotatable bonds is 5. The fourth-order valence-corrected chi connectivity index (χ4v) is 3.93. The van der Waals surface area contributed by atoms with Crippen LogP contribution in [0.3, 0.4) is 0 Å². The average Bonchev–Trinajstić information content (AvgIpc) is 2.94. The lowest BCUT2D eigenvalue weighted by molar-refractivity contribution is -0.142. The predicted molar refractivity (Wildman–Crippen MR) is 88.9 cm³/mol. The van der Waals surface area contributed by atoms with Gasteiger partial charge in [0.05, 0.1) is 11.5 Å². The molecule has 0 amide bonds. The van der Waals surface area contributed by atoms with Crippen LogP contribution in [-0.4, -0.2) is 41.7 Å². The van der Waals surface area contributed by atoms with E-state index in [2.05, 4.69) is 15.0 Å². The smallest absolute Gasteiger partial charge is 0.417 e. The molecule has 0 fully saturated rings. The van der Waals surface area contributed by atoms with Crippen LogP contribution in [0.4, 0.5) is 22.0 Å². The number of alkyl halides is 5. The Hall–Kier alpha value is -1.92. The molecule has 1 aliphatic heterocycles. The van der Waals surface area contributed by atoms with Crippen molar-refractivity contribution < 1.29 is 39.9 Å². The highest BCUT2D eigenvalue weighted by Crippen LogP contribution is 2.48. The summed E-state index contributed by atoms with van der Waals surface area (Å²) in [4.78, 5) is 5.03. The van der Waals surface area contributed by atoms with Crippen LogP contribution < -0.4 is 4.74 Å². The molecule has 13 heteroatoms. The fraction of sp³-hybridized carbons (Fsp3) is 0.733. The highest BCUT2D eigenvalue weighted by atomic mass is 32.2. The van der Waals surface area contributed by atoms with Gasteiger partial charge < -0.3 is 9.57 Å². The van der Waals surface area contributed by atoms with Crippen LogP contribution in [0.2, 0.25) is 0 Å². The van der Waals surface area contributed by atoms with E-state index in [0.717, 1.165) is 6.26 Å². The second kappa shape index (κ2) is 7.16. The zero-order chi connectivity index (χ0) is 21.7. The zero-order valence-electron chi connectivity index (χ0n) is 15.7. The van der Waals surface area contributed by atoms with Crippen molar-refractivity contribution in [1.82, 2.24) is 9.78 Å². The summed E-state index contributed by atoms with van der Waals surface area (Å²) < 4.78 is 96.3. The molecule has 0 spiro atoms. The van der Waals surface area contributed by atoms with Gasteiger partial charge >= 0.3 is 12.8 Å². The number of sulfone groups is 1. The first-order valence-corrected chi connectivity index (χ1v) is 10.0. The molecule has 0 saturated heterocycles. The van der Waals surface area contributed by atoms with Crippen molar-refractivity contribution in [3.05, 3.63) is 11.3 Å². The molecule has 1 unspecified atom stereocenters. The minimum Gasteiger partial charge on any atom is -0.417 e. The van der Waals surface area contributed by atoms with E-state index in [0.29, 0.717) is 4.68 Å². The number of hydrogen-bond acceptors (Lipinski definition) is 6. The van der Waals surface area contributed by atoms with Gasteiger partial charge in [0.25, 0.3) is 0 Å². The van der Waals surface area contributed by atoms with Crippen molar-refractivity contribution in [2.24, 2.45) is 11.1 Å². The van der Waals surface area contributed by atoms with Gasteiger partial charge in [0, 0.05) is 12.8 Å². The highest BCUT2D eigenvalue weighted by molar-refractivity contribution is 8.05. The Balaban J connectivity index is 2.85. The van der Waals surface area contributed by atoms with Gasteiger partial charge in [-0.1, -0.05) is 19.0 Å². The predicted octanol–water partition coefficient (Wildman–Crippen LogP) is 3.41. The van der Waals surface area contributed by atoms with E-state index in [9.17, 15) is 30.4 Å². The van der Waals surface area contributed by atoms with E-state index in [1.165, 1.54) is 13.8 Å². The van der Waals surface area contributed by atoms with Crippen LogP contribution in [0.15, 0.2) is 5.16 Å². The third-order valence-electron chi connectivity index (χ3n) is 3.93. The Morgan fingerprint density at radius 1 is 1.29 bits per heavy atom. The summed E-state index contributed by atoms with van der Waals surface area (Å²) in [6.07, 6.45) is -4.32. The summed E-state index contributed by atoms with van der Waals surface area (Å²) in [6, 6.07) is 0. The Morgan fingerprint density at radius 3 is 2.29 bits per heavy atom. The second-order valence-corrected chi connectivity index (χ2v) is 9.31. The summed E-state index contributed by atoms with van der Waals surface area (Å²) in [5, 5.41) is 6.13. The van der Waals surface area contributed by atoms with E-state index in [-0.39, 0.29) is 12.5 Å². The van der Waals surface area contributed by atoms with Crippen molar-refractivity contribution in [2.75, 3.05) is 6.26 Å². The first-order valence-electron chi connectivity index (χ1n) is 8.14. The van der Waals surface area contributed by atoms with E-state index >= 15 is 0 Å². The monoisotopic (exact) mass is 433 g/mol. The van der Waals surface area contributed by atoms with Gasteiger partial charge in [0.1, 0.15) is 5.60 Å². The molecular weight excluding hydrogens is 413 g/mol. The summed E-state index contributed by atoms with van der Waals surface area (Å²) in [5.74, 6) is -2.77. The molecule has 1 aromatic rings. The average molecular weight is 433 g/mol. The van der Waals surface area contributed by atoms with Crippen molar-refractivity contribution in [3.63, 3.8) is 0 Å². The van der Waals surface area contributed by atoms with Crippen molar-refractivity contribution in [3.8, 4) is 5.88 Å². The molecule has 2 heterocycles. The van der Waals surface area contributed by atoms with Crippen molar-refractivity contribution >= 4 is 14.9 Å². The van der Waals surface area contributed by atoms with Gasteiger partial charge in [0.2, 0.25) is 5.88 Å². The van der Waals surface area contributed by atoms with Gasteiger partial charge in [-0.2, -0.15) is 27.1 Å². The maximum atomic E-state index is 13.7. The summed E-state index contributed by atoms with van der Waals surface area (Å²) in [5.41, 5.74) is -3.95. The molecule has 1 aliphatic rings.